The smallest absolute Gasteiger partial charge is 0.372 e. The standard InChI is InChI=1S/C7H20N2O3Si/c1-4-10-13(7(8)9,11-5-2)12-6-3/h7H,4-6,8-9H2,1-3H3. The third-order valence-corrected chi connectivity index (χ3v) is 4.33. The second-order valence-electron chi connectivity index (χ2n) is 2.43. The summed E-state index contributed by atoms with van der Waals surface area (Å²) in [6.45, 7) is 7.08. The van der Waals surface area contributed by atoms with Crippen molar-refractivity contribution in [2.75, 3.05) is 19.8 Å². The third kappa shape index (κ3) is 3.71. The van der Waals surface area contributed by atoms with Gasteiger partial charge < -0.3 is 24.7 Å². The highest BCUT2D eigenvalue weighted by Gasteiger charge is 2.45. The van der Waals surface area contributed by atoms with Crippen LogP contribution in [0.4, 0.5) is 0 Å². The minimum Gasteiger partial charge on any atom is -0.372 e. The topological polar surface area (TPSA) is 79.7 Å². The lowest BCUT2D eigenvalue weighted by Gasteiger charge is -2.30. The molecule has 0 atom stereocenters. The number of nitrogens with two attached hydrogens (primary N) is 2. The molecule has 0 heterocycles. The van der Waals surface area contributed by atoms with E-state index in [0.717, 1.165) is 0 Å². The average Bonchev–Trinajstić information content (AvgIpc) is 2.05. The summed E-state index contributed by atoms with van der Waals surface area (Å²) in [6, 6.07) is 0. The molecule has 0 unspecified atom stereocenters. The molecule has 0 aliphatic heterocycles. The van der Waals surface area contributed by atoms with Gasteiger partial charge in [0.05, 0.1) is 0 Å². The van der Waals surface area contributed by atoms with Crippen LogP contribution in [-0.2, 0) is 13.3 Å². The van der Waals surface area contributed by atoms with Gasteiger partial charge in [0.25, 0.3) is 0 Å². The number of rotatable bonds is 7. The van der Waals surface area contributed by atoms with Gasteiger partial charge >= 0.3 is 8.80 Å². The molecule has 0 saturated carbocycles. The van der Waals surface area contributed by atoms with Crippen LogP contribution in [0.15, 0.2) is 0 Å². The minimum absolute atomic E-state index is 0.497. The Labute approximate surface area is 80.7 Å². The first-order valence-electron chi connectivity index (χ1n) is 4.56. The van der Waals surface area contributed by atoms with Crippen molar-refractivity contribution in [2.45, 2.75) is 26.6 Å². The van der Waals surface area contributed by atoms with E-state index >= 15 is 0 Å². The summed E-state index contributed by atoms with van der Waals surface area (Å²) in [5, 5.41) is 0. The summed E-state index contributed by atoms with van der Waals surface area (Å²) in [5.41, 5.74) is 11.2. The maximum atomic E-state index is 5.59. The van der Waals surface area contributed by atoms with E-state index in [9.17, 15) is 0 Å². The van der Waals surface area contributed by atoms with Gasteiger partial charge in [-0.15, -0.1) is 0 Å². The SMILES string of the molecule is CCO[Si](OCC)(OCC)C(N)N. The Morgan fingerprint density at radius 1 is 0.923 bits per heavy atom. The molecule has 0 aliphatic rings. The highest BCUT2D eigenvalue weighted by Crippen LogP contribution is 2.10. The van der Waals surface area contributed by atoms with E-state index in [0.29, 0.717) is 19.8 Å². The molecule has 0 amide bonds. The van der Waals surface area contributed by atoms with Crippen molar-refractivity contribution in [1.82, 2.24) is 0 Å². The van der Waals surface area contributed by atoms with Gasteiger partial charge in [-0.3, -0.25) is 0 Å². The fourth-order valence-electron chi connectivity index (χ4n) is 1.02. The van der Waals surface area contributed by atoms with Gasteiger partial charge in [-0.25, -0.2) is 0 Å². The fourth-order valence-corrected chi connectivity index (χ4v) is 3.05. The van der Waals surface area contributed by atoms with Crippen molar-refractivity contribution < 1.29 is 13.3 Å². The summed E-state index contributed by atoms with van der Waals surface area (Å²) in [5.74, 6) is -0.674. The van der Waals surface area contributed by atoms with E-state index < -0.39 is 14.6 Å². The molecule has 0 spiro atoms. The lowest BCUT2D eigenvalue weighted by Crippen LogP contribution is -2.64. The third-order valence-electron chi connectivity index (χ3n) is 1.44. The zero-order chi connectivity index (χ0) is 10.3. The fraction of sp³-hybridized carbons (Fsp3) is 1.00. The van der Waals surface area contributed by atoms with E-state index in [2.05, 4.69) is 0 Å². The van der Waals surface area contributed by atoms with Crippen LogP contribution < -0.4 is 11.5 Å². The van der Waals surface area contributed by atoms with E-state index in [-0.39, 0.29) is 0 Å². The predicted molar refractivity (Wildman–Crippen MR) is 52.8 cm³/mol. The summed E-state index contributed by atoms with van der Waals surface area (Å²) in [7, 11) is -2.82. The summed E-state index contributed by atoms with van der Waals surface area (Å²) < 4.78 is 16.2. The van der Waals surface area contributed by atoms with Gasteiger partial charge in [0.2, 0.25) is 0 Å². The van der Waals surface area contributed by atoms with Crippen LogP contribution >= 0.6 is 0 Å². The van der Waals surface area contributed by atoms with E-state index in [1.54, 1.807) is 0 Å². The predicted octanol–water partition coefficient (Wildman–Crippen LogP) is -0.182. The Bertz CT molecular complexity index is 118. The van der Waals surface area contributed by atoms with Crippen molar-refractivity contribution in [3.05, 3.63) is 0 Å². The quantitative estimate of drug-likeness (QED) is 0.448. The van der Waals surface area contributed by atoms with Crippen LogP contribution in [-0.4, -0.2) is 34.4 Å². The summed E-state index contributed by atoms with van der Waals surface area (Å²) in [6.07, 6.45) is 0. The Morgan fingerprint density at radius 3 is 1.38 bits per heavy atom. The number of hydrogen-bond acceptors (Lipinski definition) is 5. The average molecular weight is 208 g/mol. The van der Waals surface area contributed by atoms with Crippen molar-refractivity contribution in [3.63, 3.8) is 0 Å². The first kappa shape index (κ1) is 13.0. The maximum Gasteiger partial charge on any atom is 0.533 e. The molecule has 0 fully saturated rings. The molecular formula is C7H20N2O3Si. The molecule has 0 aromatic heterocycles. The molecule has 0 aliphatic carbocycles. The molecule has 0 aromatic rings. The van der Waals surface area contributed by atoms with Crippen molar-refractivity contribution in [3.8, 4) is 0 Å². The molecule has 5 nitrogen and oxygen atoms in total. The Balaban J connectivity index is 4.38. The van der Waals surface area contributed by atoms with Crippen LogP contribution in [0, 0.1) is 0 Å². The molecule has 80 valence electrons. The largest absolute Gasteiger partial charge is 0.533 e. The molecule has 4 N–H and O–H groups in total. The van der Waals surface area contributed by atoms with Gasteiger partial charge in [-0.1, -0.05) is 0 Å². The molecule has 0 radical (unpaired) electrons. The molecular weight excluding hydrogens is 188 g/mol. The highest BCUT2D eigenvalue weighted by molar-refractivity contribution is 6.62. The van der Waals surface area contributed by atoms with E-state index in [1.807, 2.05) is 20.8 Å². The Hall–Kier alpha value is 0.0169. The van der Waals surface area contributed by atoms with Crippen molar-refractivity contribution in [2.24, 2.45) is 11.5 Å². The maximum absolute atomic E-state index is 5.59. The highest BCUT2D eigenvalue weighted by atomic mass is 28.4. The van der Waals surface area contributed by atoms with Crippen LogP contribution in [0.25, 0.3) is 0 Å². The van der Waals surface area contributed by atoms with Gasteiger partial charge in [-0.05, 0) is 20.8 Å². The Morgan fingerprint density at radius 2 is 1.23 bits per heavy atom. The molecule has 6 heteroatoms. The van der Waals surface area contributed by atoms with E-state index in [4.69, 9.17) is 24.7 Å². The van der Waals surface area contributed by atoms with Crippen LogP contribution in [0.3, 0.4) is 0 Å². The lowest BCUT2D eigenvalue weighted by atomic mass is 10.9. The minimum atomic E-state index is -2.82. The lowest BCUT2D eigenvalue weighted by molar-refractivity contribution is 0.0628. The van der Waals surface area contributed by atoms with Crippen LogP contribution in [0.1, 0.15) is 20.8 Å². The molecule has 0 saturated heterocycles. The van der Waals surface area contributed by atoms with Gasteiger partial charge in [0.15, 0.2) is 0 Å². The zero-order valence-electron chi connectivity index (χ0n) is 8.58. The van der Waals surface area contributed by atoms with Crippen molar-refractivity contribution in [1.29, 1.82) is 0 Å². The zero-order valence-corrected chi connectivity index (χ0v) is 9.58. The second kappa shape index (κ2) is 6.47. The van der Waals surface area contributed by atoms with E-state index in [1.165, 1.54) is 0 Å². The molecule has 0 aromatic carbocycles. The van der Waals surface area contributed by atoms with Gasteiger partial charge in [0, 0.05) is 19.8 Å². The summed E-state index contributed by atoms with van der Waals surface area (Å²) in [4.78, 5) is 0. The second-order valence-corrected chi connectivity index (χ2v) is 5.17. The van der Waals surface area contributed by atoms with Gasteiger partial charge in [0.1, 0.15) is 5.79 Å². The Kier molecular flexibility index (Phi) is 6.48. The van der Waals surface area contributed by atoms with Crippen LogP contribution in [0.5, 0.6) is 0 Å². The molecule has 0 bridgehead atoms. The molecule has 13 heavy (non-hydrogen) atoms. The van der Waals surface area contributed by atoms with Crippen LogP contribution in [0.2, 0.25) is 0 Å². The van der Waals surface area contributed by atoms with Gasteiger partial charge in [-0.2, -0.15) is 0 Å². The first-order chi connectivity index (χ1) is 6.13. The number of hydrogen-bond donors (Lipinski definition) is 2. The normalized spacial score (nSPS) is 12.5. The summed E-state index contributed by atoms with van der Waals surface area (Å²) >= 11 is 0. The molecule has 0 rings (SSSR count). The van der Waals surface area contributed by atoms with Crippen molar-refractivity contribution >= 4 is 8.80 Å². The first-order valence-corrected chi connectivity index (χ1v) is 6.36. The monoisotopic (exact) mass is 208 g/mol.